The van der Waals surface area contributed by atoms with Crippen molar-refractivity contribution < 1.29 is 22.8 Å². The summed E-state index contributed by atoms with van der Waals surface area (Å²) in [6.07, 6.45) is -0.515. The molecule has 0 atom stereocenters. The van der Waals surface area contributed by atoms with E-state index in [1.165, 1.54) is 11.0 Å². The van der Waals surface area contributed by atoms with Gasteiger partial charge in [0.05, 0.1) is 12.1 Å². The van der Waals surface area contributed by atoms with Crippen LogP contribution in [0.5, 0.6) is 0 Å². The van der Waals surface area contributed by atoms with Crippen molar-refractivity contribution in [3.63, 3.8) is 0 Å². The van der Waals surface area contributed by atoms with Crippen molar-refractivity contribution in [3.8, 4) is 0 Å². The molecule has 1 aliphatic heterocycles. The van der Waals surface area contributed by atoms with Crippen molar-refractivity contribution in [2.75, 3.05) is 18.4 Å². The maximum Gasteiger partial charge on any atom is 0.416 e. The van der Waals surface area contributed by atoms with Crippen LogP contribution in [0.4, 0.5) is 18.9 Å². The SMILES string of the molecule is Cl.NCc1cc(NC(=O)CN2CCCCCCC2=O)cc(C(F)(F)F)c1. The van der Waals surface area contributed by atoms with Crippen LogP contribution in [-0.2, 0) is 22.3 Å². The predicted octanol–water partition coefficient (Wildman–Crippen LogP) is 3.32. The summed E-state index contributed by atoms with van der Waals surface area (Å²) in [5, 5.41) is 2.44. The lowest BCUT2D eigenvalue weighted by atomic mass is 10.1. The Hall–Kier alpha value is -1.80. The van der Waals surface area contributed by atoms with Gasteiger partial charge in [0.1, 0.15) is 0 Å². The maximum absolute atomic E-state index is 12.9. The van der Waals surface area contributed by atoms with Crippen LogP contribution in [0.2, 0.25) is 0 Å². The number of nitrogens with two attached hydrogens (primary N) is 1. The molecule has 0 bridgehead atoms. The van der Waals surface area contributed by atoms with E-state index in [0.29, 0.717) is 13.0 Å². The topological polar surface area (TPSA) is 75.4 Å². The largest absolute Gasteiger partial charge is 0.416 e. The Kier molecular flexibility index (Phi) is 8.36. The summed E-state index contributed by atoms with van der Waals surface area (Å²) < 4.78 is 38.8. The summed E-state index contributed by atoms with van der Waals surface area (Å²) in [5.74, 6) is -0.613. The molecule has 1 saturated heterocycles. The number of alkyl halides is 3. The van der Waals surface area contributed by atoms with Crippen LogP contribution in [0.1, 0.15) is 43.2 Å². The maximum atomic E-state index is 12.9. The van der Waals surface area contributed by atoms with Crippen molar-refractivity contribution in [2.45, 2.75) is 44.8 Å². The number of hydrogen-bond donors (Lipinski definition) is 2. The first kappa shape index (κ1) is 22.2. The van der Waals surface area contributed by atoms with Gasteiger partial charge in [-0.15, -0.1) is 12.4 Å². The Morgan fingerprint density at radius 2 is 1.85 bits per heavy atom. The molecule has 0 aromatic heterocycles. The average molecular weight is 394 g/mol. The fourth-order valence-electron chi connectivity index (χ4n) is 2.80. The van der Waals surface area contributed by atoms with E-state index >= 15 is 0 Å². The molecule has 0 aliphatic carbocycles. The van der Waals surface area contributed by atoms with Gasteiger partial charge in [0.2, 0.25) is 11.8 Å². The molecule has 26 heavy (non-hydrogen) atoms. The van der Waals surface area contributed by atoms with E-state index in [2.05, 4.69) is 5.32 Å². The minimum Gasteiger partial charge on any atom is -0.333 e. The summed E-state index contributed by atoms with van der Waals surface area (Å²) in [6, 6.07) is 3.23. The predicted molar refractivity (Wildman–Crippen MR) is 94.9 cm³/mol. The monoisotopic (exact) mass is 393 g/mol. The van der Waals surface area contributed by atoms with Crippen molar-refractivity contribution in [3.05, 3.63) is 29.3 Å². The van der Waals surface area contributed by atoms with E-state index < -0.39 is 17.6 Å². The molecule has 1 aliphatic rings. The Morgan fingerprint density at radius 3 is 2.50 bits per heavy atom. The van der Waals surface area contributed by atoms with Crippen LogP contribution in [0.25, 0.3) is 0 Å². The smallest absolute Gasteiger partial charge is 0.333 e. The molecule has 5 nitrogen and oxygen atoms in total. The lowest BCUT2D eigenvalue weighted by Gasteiger charge is -2.24. The lowest BCUT2D eigenvalue weighted by molar-refractivity contribution is -0.137. The number of carbonyl (C=O) groups excluding carboxylic acids is 2. The zero-order valence-corrected chi connectivity index (χ0v) is 15.1. The lowest BCUT2D eigenvalue weighted by Crippen LogP contribution is -2.39. The van der Waals surface area contributed by atoms with Crippen LogP contribution in [-0.4, -0.2) is 29.8 Å². The molecule has 0 saturated carbocycles. The van der Waals surface area contributed by atoms with Crippen molar-refractivity contribution in [1.29, 1.82) is 0 Å². The molecule has 3 N–H and O–H groups in total. The van der Waals surface area contributed by atoms with E-state index in [1.54, 1.807) is 0 Å². The Balaban J connectivity index is 0.00000338. The van der Waals surface area contributed by atoms with Crippen LogP contribution < -0.4 is 11.1 Å². The highest BCUT2D eigenvalue weighted by molar-refractivity contribution is 5.94. The van der Waals surface area contributed by atoms with E-state index in [1.807, 2.05) is 0 Å². The Labute approximate surface area is 156 Å². The quantitative estimate of drug-likeness (QED) is 0.824. The Bertz CT molecular complexity index is 638. The Morgan fingerprint density at radius 1 is 1.15 bits per heavy atom. The summed E-state index contributed by atoms with van der Waals surface area (Å²) >= 11 is 0. The fourth-order valence-corrected chi connectivity index (χ4v) is 2.80. The number of rotatable bonds is 4. The molecule has 0 unspecified atom stereocenters. The highest BCUT2D eigenvalue weighted by Crippen LogP contribution is 2.32. The van der Waals surface area contributed by atoms with Gasteiger partial charge in [0, 0.05) is 25.2 Å². The highest BCUT2D eigenvalue weighted by Gasteiger charge is 2.31. The molecular weight excluding hydrogens is 371 g/mol. The van der Waals surface area contributed by atoms with Crippen LogP contribution in [0, 0.1) is 0 Å². The second-order valence-electron chi connectivity index (χ2n) is 6.15. The van der Waals surface area contributed by atoms with Gasteiger partial charge in [-0.1, -0.05) is 12.8 Å². The minimum absolute atomic E-state index is 0. The number of nitrogens with one attached hydrogen (secondary N) is 1. The molecule has 0 spiro atoms. The summed E-state index contributed by atoms with van der Waals surface area (Å²) in [4.78, 5) is 25.7. The van der Waals surface area contributed by atoms with Crippen LogP contribution >= 0.6 is 12.4 Å². The number of nitrogens with zero attached hydrogens (tertiary/aromatic N) is 1. The molecule has 146 valence electrons. The van der Waals surface area contributed by atoms with Gasteiger partial charge < -0.3 is 16.0 Å². The normalized spacial score (nSPS) is 15.7. The number of anilines is 1. The molecule has 1 aromatic carbocycles. The number of carbonyl (C=O) groups is 2. The standard InChI is InChI=1S/C17H22F3N3O2.ClH/c18-17(19,20)13-7-12(10-21)8-14(9-13)22-15(24)11-23-6-4-2-1-3-5-16(23)25;/h7-9H,1-6,10-11,21H2,(H,22,24);1H. The van der Waals surface area contributed by atoms with Gasteiger partial charge in [-0.25, -0.2) is 0 Å². The number of amides is 2. The molecule has 0 radical (unpaired) electrons. The number of halogens is 4. The van der Waals surface area contributed by atoms with Crippen molar-refractivity contribution in [1.82, 2.24) is 4.90 Å². The first-order chi connectivity index (χ1) is 11.8. The van der Waals surface area contributed by atoms with Crippen molar-refractivity contribution >= 4 is 29.9 Å². The number of likely N-dealkylation sites (tertiary alicyclic amines) is 1. The van der Waals surface area contributed by atoms with Crippen LogP contribution in [0.15, 0.2) is 18.2 Å². The van der Waals surface area contributed by atoms with Gasteiger partial charge in [0.15, 0.2) is 0 Å². The first-order valence-electron chi connectivity index (χ1n) is 8.28. The van der Waals surface area contributed by atoms with Gasteiger partial charge in [0.25, 0.3) is 0 Å². The minimum atomic E-state index is -4.52. The van der Waals surface area contributed by atoms with Gasteiger partial charge >= 0.3 is 6.18 Å². The number of benzene rings is 1. The van der Waals surface area contributed by atoms with Crippen molar-refractivity contribution in [2.24, 2.45) is 5.73 Å². The highest BCUT2D eigenvalue weighted by atomic mass is 35.5. The van der Waals surface area contributed by atoms with E-state index in [9.17, 15) is 22.8 Å². The van der Waals surface area contributed by atoms with E-state index in [4.69, 9.17) is 5.73 Å². The first-order valence-corrected chi connectivity index (χ1v) is 8.28. The molecule has 2 rings (SSSR count). The molecular formula is C17H23ClF3N3O2. The second-order valence-corrected chi connectivity index (χ2v) is 6.15. The summed E-state index contributed by atoms with van der Waals surface area (Å²) in [6.45, 7) is 0.257. The summed E-state index contributed by atoms with van der Waals surface area (Å²) in [7, 11) is 0. The fraction of sp³-hybridized carbons (Fsp3) is 0.529. The average Bonchev–Trinajstić information content (AvgIpc) is 2.53. The molecule has 1 aromatic rings. The third kappa shape index (κ3) is 6.49. The van der Waals surface area contributed by atoms with E-state index in [-0.39, 0.29) is 42.7 Å². The number of hydrogen-bond acceptors (Lipinski definition) is 3. The third-order valence-electron chi connectivity index (χ3n) is 4.10. The second kappa shape index (κ2) is 9.78. The molecule has 2 amide bonds. The van der Waals surface area contributed by atoms with E-state index in [0.717, 1.165) is 37.8 Å². The van der Waals surface area contributed by atoms with Gasteiger partial charge in [-0.2, -0.15) is 13.2 Å². The third-order valence-corrected chi connectivity index (χ3v) is 4.10. The van der Waals surface area contributed by atoms with Crippen LogP contribution in [0.3, 0.4) is 0 Å². The van der Waals surface area contributed by atoms with Gasteiger partial charge in [-0.3, -0.25) is 9.59 Å². The zero-order chi connectivity index (χ0) is 18.4. The molecule has 1 fully saturated rings. The molecule has 1 heterocycles. The molecule has 9 heteroatoms. The zero-order valence-electron chi connectivity index (χ0n) is 14.3. The summed E-state index contributed by atoms with van der Waals surface area (Å²) in [5.41, 5.74) is 4.86. The van der Waals surface area contributed by atoms with Gasteiger partial charge in [-0.05, 0) is 36.6 Å².